The molecule has 1 aliphatic rings. The number of carbonyl (C=O) groups is 1. The Kier molecular flexibility index (Phi) is 21.0. The van der Waals surface area contributed by atoms with Crippen LogP contribution in [0, 0.1) is 0 Å². The van der Waals surface area contributed by atoms with Crippen LogP contribution in [0.25, 0.3) is 0 Å². The standard InChI is InChI=1S/C29H57NO12S/c1-3-5-7-9-10-11-12-14-16-18-23(33)28(36)30-21(22(32)17-15-13-8-6-4-2)20-40-29-26(35)27(42-43(37,38)39)25(34)24(19-31)41-29/h21-27,29,31-35H,3-20H2,1-2H3,(H,30,36)(H,37,38,39). The van der Waals surface area contributed by atoms with Crippen molar-refractivity contribution >= 4 is 16.3 Å². The molecule has 0 aromatic rings. The second-order valence-corrected chi connectivity index (χ2v) is 12.6. The van der Waals surface area contributed by atoms with E-state index in [1.165, 1.54) is 32.1 Å². The number of aliphatic hydroxyl groups excluding tert-OH is 5. The molecule has 0 radical (unpaired) electrons. The number of hydrogen-bond acceptors (Lipinski definition) is 11. The SMILES string of the molecule is CCCCCCCCCCCC(O)C(=O)NC(COC1OC(CO)C(O)C(OS(=O)(=O)O)C1O)C(O)CCCCCCC. The summed E-state index contributed by atoms with van der Waals surface area (Å²) in [6.45, 7) is 3.07. The van der Waals surface area contributed by atoms with Gasteiger partial charge in [0.25, 0.3) is 0 Å². The summed E-state index contributed by atoms with van der Waals surface area (Å²) in [6.07, 6.45) is 4.02. The van der Waals surface area contributed by atoms with Crippen molar-refractivity contribution < 1.29 is 57.0 Å². The molecule has 7 N–H and O–H groups in total. The maximum absolute atomic E-state index is 12.8. The Morgan fingerprint density at radius 3 is 1.86 bits per heavy atom. The molecule has 0 bridgehead atoms. The van der Waals surface area contributed by atoms with Crippen molar-refractivity contribution in [1.82, 2.24) is 5.32 Å². The Labute approximate surface area is 257 Å². The summed E-state index contributed by atoms with van der Waals surface area (Å²) in [5.74, 6) is -0.681. The molecule has 1 rings (SSSR count). The molecule has 43 heavy (non-hydrogen) atoms. The van der Waals surface area contributed by atoms with Crippen LogP contribution in [0.2, 0.25) is 0 Å². The highest BCUT2D eigenvalue weighted by Crippen LogP contribution is 2.26. The lowest BCUT2D eigenvalue weighted by molar-refractivity contribution is -0.298. The second kappa shape index (κ2) is 22.5. The lowest BCUT2D eigenvalue weighted by Crippen LogP contribution is -2.61. The van der Waals surface area contributed by atoms with Gasteiger partial charge in [0.15, 0.2) is 6.29 Å². The molecular weight excluding hydrogens is 586 g/mol. The Bertz CT molecular complexity index is 832. The number of aliphatic hydroxyl groups is 5. The van der Waals surface area contributed by atoms with Crippen LogP contribution in [0.15, 0.2) is 0 Å². The normalized spacial score (nSPS) is 24.9. The number of hydrogen-bond donors (Lipinski definition) is 7. The molecular formula is C29H57NO12S. The maximum atomic E-state index is 12.8. The van der Waals surface area contributed by atoms with E-state index in [9.17, 15) is 38.7 Å². The van der Waals surface area contributed by atoms with Crippen LogP contribution in [0.1, 0.15) is 117 Å². The zero-order chi connectivity index (χ0) is 32.3. The first-order valence-electron chi connectivity index (χ1n) is 16.0. The molecule has 256 valence electrons. The summed E-state index contributed by atoms with van der Waals surface area (Å²) >= 11 is 0. The number of amides is 1. The minimum absolute atomic E-state index is 0.261. The molecule has 0 saturated carbocycles. The molecule has 1 heterocycles. The highest BCUT2D eigenvalue weighted by Gasteiger charge is 2.48. The smallest absolute Gasteiger partial charge is 0.394 e. The minimum Gasteiger partial charge on any atom is -0.394 e. The van der Waals surface area contributed by atoms with Crippen LogP contribution in [-0.4, -0.2) is 107 Å². The Hall–Kier alpha value is -0.940. The van der Waals surface area contributed by atoms with Gasteiger partial charge in [-0.2, -0.15) is 8.42 Å². The fraction of sp³-hybridized carbons (Fsp3) is 0.966. The molecule has 1 saturated heterocycles. The third kappa shape index (κ3) is 16.8. The molecule has 0 spiro atoms. The third-order valence-corrected chi connectivity index (χ3v) is 8.24. The quantitative estimate of drug-likeness (QED) is 0.0563. The van der Waals surface area contributed by atoms with E-state index in [0.717, 1.165) is 44.9 Å². The maximum Gasteiger partial charge on any atom is 0.397 e. The van der Waals surface area contributed by atoms with E-state index < -0.39 is 78.5 Å². The zero-order valence-electron chi connectivity index (χ0n) is 25.9. The fourth-order valence-electron chi connectivity index (χ4n) is 5.11. The molecule has 0 aromatic carbocycles. The molecule has 0 aliphatic carbocycles. The number of carbonyl (C=O) groups excluding carboxylic acids is 1. The Morgan fingerprint density at radius 2 is 1.35 bits per heavy atom. The van der Waals surface area contributed by atoms with E-state index in [-0.39, 0.29) is 6.42 Å². The monoisotopic (exact) mass is 643 g/mol. The lowest BCUT2D eigenvalue weighted by atomic mass is 9.99. The van der Waals surface area contributed by atoms with E-state index in [4.69, 9.17) is 14.0 Å². The van der Waals surface area contributed by atoms with Crippen LogP contribution < -0.4 is 5.32 Å². The van der Waals surface area contributed by atoms with Crippen LogP contribution in [0.5, 0.6) is 0 Å². The van der Waals surface area contributed by atoms with Gasteiger partial charge in [0.05, 0.1) is 25.4 Å². The number of ether oxygens (including phenoxy) is 2. The summed E-state index contributed by atoms with van der Waals surface area (Å²) < 4.78 is 46.9. The van der Waals surface area contributed by atoms with Crippen LogP contribution in [0.3, 0.4) is 0 Å². The van der Waals surface area contributed by atoms with Gasteiger partial charge >= 0.3 is 10.4 Å². The van der Waals surface area contributed by atoms with Crippen molar-refractivity contribution in [2.24, 2.45) is 0 Å². The van der Waals surface area contributed by atoms with Gasteiger partial charge in [-0.25, -0.2) is 4.18 Å². The predicted molar refractivity (Wildman–Crippen MR) is 159 cm³/mol. The highest BCUT2D eigenvalue weighted by molar-refractivity contribution is 7.80. The summed E-state index contributed by atoms with van der Waals surface area (Å²) in [5, 5.41) is 54.3. The summed E-state index contributed by atoms with van der Waals surface area (Å²) in [4.78, 5) is 12.8. The van der Waals surface area contributed by atoms with Gasteiger partial charge in [-0.3, -0.25) is 9.35 Å². The average molecular weight is 644 g/mol. The first-order valence-corrected chi connectivity index (χ1v) is 17.4. The van der Waals surface area contributed by atoms with Crippen LogP contribution in [0.4, 0.5) is 0 Å². The van der Waals surface area contributed by atoms with Gasteiger partial charge in [-0.05, 0) is 12.8 Å². The van der Waals surface area contributed by atoms with Crippen LogP contribution >= 0.6 is 0 Å². The van der Waals surface area contributed by atoms with Crippen molar-refractivity contribution in [3.05, 3.63) is 0 Å². The van der Waals surface area contributed by atoms with E-state index in [2.05, 4.69) is 23.3 Å². The van der Waals surface area contributed by atoms with Gasteiger partial charge < -0.3 is 40.3 Å². The largest absolute Gasteiger partial charge is 0.397 e. The van der Waals surface area contributed by atoms with Crippen molar-refractivity contribution in [1.29, 1.82) is 0 Å². The molecule has 1 amide bonds. The first-order chi connectivity index (χ1) is 20.4. The molecule has 14 heteroatoms. The minimum atomic E-state index is -5.09. The molecule has 13 nitrogen and oxygen atoms in total. The van der Waals surface area contributed by atoms with Gasteiger partial charge in [0.2, 0.25) is 5.91 Å². The van der Waals surface area contributed by atoms with E-state index >= 15 is 0 Å². The average Bonchev–Trinajstić information content (AvgIpc) is 2.96. The van der Waals surface area contributed by atoms with E-state index in [1.807, 2.05) is 0 Å². The molecule has 1 aliphatic heterocycles. The molecule has 8 atom stereocenters. The first kappa shape index (κ1) is 40.1. The summed E-state index contributed by atoms with van der Waals surface area (Å²) in [5.41, 5.74) is 0. The van der Waals surface area contributed by atoms with Gasteiger partial charge in [0.1, 0.15) is 30.5 Å². The number of rotatable bonds is 25. The topological polar surface area (TPSA) is 212 Å². The summed E-state index contributed by atoms with van der Waals surface area (Å²) in [6, 6.07) is -1.02. The Balaban J connectivity index is 2.75. The zero-order valence-corrected chi connectivity index (χ0v) is 26.7. The number of unbranched alkanes of at least 4 members (excludes halogenated alkanes) is 12. The van der Waals surface area contributed by atoms with E-state index in [0.29, 0.717) is 19.3 Å². The highest BCUT2D eigenvalue weighted by atomic mass is 32.3. The number of nitrogens with one attached hydrogen (secondary N) is 1. The van der Waals surface area contributed by atoms with Crippen molar-refractivity contribution in [2.75, 3.05) is 13.2 Å². The van der Waals surface area contributed by atoms with Crippen molar-refractivity contribution in [3.63, 3.8) is 0 Å². The van der Waals surface area contributed by atoms with Gasteiger partial charge in [0, 0.05) is 0 Å². The molecule has 8 unspecified atom stereocenters. The molecule has 1 fully saturated rings. The van der Waals surface area contributed by atoms with Crippen LogP contribution in [-0.2, 0) is 28.9 Å². The van der Waals surface area contributed by atoms with Crippen molar-refractivity contribution in [3.8, 4) is 0 Å². The fourth-order valence-corrected chi connectivity index (χ4v) is 5.62. The van der Waals surface area contributed by atoms with E-state index in [1.54, 1.807) is 0 Å². The Morgan fingerprint density at radius 1 is 0.837 bits per heavy atom. The lowest BCUT2D eigenvalue weighted by Gasteiger charge is -2.41. The molecule has 0 aromatic heterocycles. The second-order valence-electron chi connectivity index (χ2n) is 11.5. The summed E-state index contributed by atoms with van der Waals surface area (Å²) in [7, 11) is -5.09. The predicted octanol–water partition coefficient (Wildman–Crippen LogP) is 2.12. The van der Waals surface area contributed by atoms with Crippen molar-refractivity contribution in [2.45, 2.75) is 166 Å². The third-order valence-electron chi connectivity index (χ3n) is 7.77. The van der Waals surface area contributed by atoms with Gasteiger partial charge in [-0.1, -0.05) is 104 Å². The van der Waals surface area contributed by atoms with Gasteiger partial charge in [-0.15, -0.1) is 0 Å².